The van der Waals surface area contributed by atoms with Crippen molar-refractivity contribution in [1.82, 2.24) is 4.98 Å². The van der Waals surface area contributed by atoms with Crippen molar-refractivity contribution in [3.8, 4) is 5.75 Å². The molecule has 0 aliphatic carbocycles. The fourth-order valence-electron chi connectivity index (χ4n) is 1.60. The van der Waals surface area contributed by atoms with Crippen LogP contribution in [-0.2, 0) is 4.79 Å². The van der Waals surface area contributed by atoms with Gasteiger partial charge in [-0.1, -0.05) is 12.1 Å². The Kier molecular flexibility index (Phi) is 2.57. The SMILES string of the molecule is CC(=O)N(N)c1c(O)c2ccccc2[nH]c1=O. The number of aromatic hydroxyl groups is 1. The Morgan fingerprint density at radius 3 is 2.71 bits per heavy atom. The van der Waals surface area contributed by atoms with Crippen LogP contribution in [-0.4, -0.2) is 16.0 Å². The molecule has 0 aliphatic heterocycles. The third-order valence-electron chi connectivity index (χ3n) is 2.45. The Morgan fingerprint density at radius 1 is 1.41 bits per heavy atom. The summed E-state index contributed by atoms with van der Waals surface area (Å²) in [4.78, 5) is 25.4. The monoisotopic (exact) mass is 233 g/mol. The molecule has 0 saturated carbocycles. The van der Waals surface area contributed by atoms with E-state index in [1.165, 1.54) is 6.92 Å². The largest absolute Gasteiger partial charge is 0.505 e. The molecule has 0 bridgehead atoms. The van der Waals surface area contributed by atoms with Gasteiger partial charge in [0, 0.05) is 12.3 Å². The number of nitrogens with zero attached hydrogens (tertiary/aromatic N) is 1. The number of nitrogens with one attached hydrogen (secondary N) is 1. The molecule has 0 fully saturated rings. The van der Waals surface area contributed by atoms with Gasteiger partial charge >= 0.3 is 0 Å². The van der Waals surface area contributed by atoms with Gasteiger partial charge in [0.15, 0.2) is 11.4 Å². The molecular formula is C11H11N3O3. The molecule has 17 heavy (non-hydrogen) atoms. The number of aromatic amines is 1. The first-order valence-electron chi connectivity index (χ1n) is 4.91. The van der Waals surface area contributed by atoms with Gasteiger partial charge in [-0.25, -0.2) is 10.9 Å². The number of fused-ring (bicyclic) bond motifs is 1. The second kappa shape index (κ2) is 3.91. The first kappa shape index (κ1) is 11.2. The number of benzene rings is 1. The van der Waals surface area contributed by atoms with Crippen molar-refractivity contribution < 1.29 is 9.90 Å². The van der Waals surface area contributed by atoms with Crippen molar-refractivity contribution in [3.05, 3.63) is 34.6 Å². The summed E-state index contributed by atoms with van der Waals surface area (Å²) in [7, 11) is 0. The Morgan fingerprint density at radius 2 is 2.06 bits per heavy atom. The fourth-order valence-corrected chi connectivity index (χ4v) is 1.60. The molecule has 4 N–H and O–H groups in total. The highest BCUT2D eigenvalue weighted by Crippen LogP contribution is 2.29. The van der Waals surface area contributed by atoms with Crippen LogP contribution >= 0.6 is 0 Å². The number of rotatable bonds is 1. The summed E-state index contributed by atoms with van der Waals surface area (Å²) < 4.78 is 0. The number of carbonyl (C=O) groups is 1. The van der Waals surface area contributed by atoms with Gasteiger partial charge in [0.25, 0.3) is 5.56 Å². The average Bonchev–Trinajstić information content (AvgIpc) is 2.28. The van der Waals surface area contributed by atoms with Crippen LogP contribution in [0.25, 0.3) is 10.9 Å². The summed E-state index contributed by atoms with van der Waals surface area (Å²) in [6.45, 7) is 1.20. The number of pyridine rings is 1. The van der Waals surface area contributed by atoms with Crippen LogP contribution in [0.3, 0.4) is 0 Å². The number of nitrogens with two attached hydrogens (primary N) is 1. The number of hydrogen-bond acceptors (Lipinski definition) is 4. The third-order valence-corrected chi connectivity index (χ3v) is 2.45. The molecule has 0 radical (unpaired) electrons. The van der Waals surface area contributed by atoms with Gasteiger partial charge in [0.1, 0.15) is 0 Å². The van der Waals surface area contributed by atoms with Crippen molar-refractivity contribution in [3.63, 3.8) is 0 Å². The Bertz CT molecular complexity index is 648. The van der Waals surface area contributed by atoms with Crippen molar-refractivity contribution in [1.29, 1.82) is 0 Å². The average molecular weight is 233 g/mol. The molecule has 88 valence electrons. The molecule has 0 saturated heterocycles. The molecular weight excluding hydrogens is 222 g/mol. The molecule has 0 aliphatic rings. The van der Waals surface area contributed by atoms with E-state index < -0.39 is 11.5 Å². The number of para-hydroxylation sites is 1. The van der Waals surface area contributed by atoms with Crippen molar-refractivity contribution in [2.75, 3.05) is 5.01 Å². The number of hydrogen-bond donors (Lipinski definition) is 3. The molecule has 6 heteroatoms. The molecule has 0 atom stereocenters. The van der Waals surface area contributed by atoms with Crippen molar-refractivity contribution >= 4 is 22.5 Å². The normalized spacial score (nSPS) is 10.5. The maximum atomic E-state index is 11.7. The van der Waals surface area contributed by atoms with E-state index in [2.05, 4.69) is 4.98 Å². The van der Waals surface area contributed by atoms with Gasteiger partial charge in [0.05, 0.1) is 5.52 Å². The molecule has 1 amide bonds. The van der Waals surface area contributed by atoms with Crippen LogP contribution in [0.4, 0.5) is 5.69 Å². The fraction of sp³-hybridized carbons (Fsp3) is 0.0909. The number of carbonyl (C=O) groups excluding carboxylic acids is 1. The van der Waals surface area contributed by atoms with E-state index in [-0.39, 0.29) is 11.4 Å². The molecule has 1 aromatic heterocycles. The summed E-state index contributed by atoms with van der Waals surface area (Å²) in [5.41, 5.74) is -0.384. The molecule has 0 unspecified atom stereocenters. The molecule has 0 spiro atoms. The number of aromatic nitrogens is 1. The minimum absolute atomic E-state index is 0.254. The maximum Gasteiger partial charge on any atom is 0.277 e. The zero-order chi connectivity index (χ0) is 12.6. The number of anilines is 1. The highest BCUT2D eigenvalue weighted by molar-refractivity contribution is 5.97. The first-order chi connectivity index (χ1) is 8.02. The van der Waals surface area contributed by atoms with E-state index in [9.17, 15) is 14.7 Å². The molecule has 2 rings (SSSR count). The van der Waals surface area contributed by atoms with E-state index in [1.54, 1.807) is 24.3 Å². The quantitative estimate of drug-likeness (QED) is 0.378. The standard InChI is InChI=1S/C11H11N3O3/c1-6(15)14(12)9-10(16)7-4-2-3-5-8(7)13-11(9)17/h2-5H,12H2,1H3,(H2,13,16,17). The lowest BCUT2D eigenvalue weighted by atomic mass is 10.2. The summed E-state index contributed by atoms with van der Waals surface area (Å²) >= 11 is 0. The topological polar surface area (TPSA) is 99.4 Å². The first-order valence-corrected chi connectivity index (χ1v) is 4.91. The van der Waals surface area contributed by atoms with E-state index in [1.807, 2.05) is 0 Å². The van der Waals surface area contributed by atoms with Crippen LogP contribution in [0.15, 0.2) is 29.1 Å². The number of amides is 1. The van der Waals surface area contributed by atoms with Crippen LogP contribution in [0.5, 0.6) is 5.75 Å². The molecule has 1 heterocycles. The van der Waals surface area contributed by atoms with E-state index >= 15 is 0 Å². The zero-order valence-corrected chi connectivity index (χ0v) is 9.10. The predicted octanol–water partition coefficient (Wildman–Crippen LogP) is 0.460. The minimum atomic E-state index is -0.612. The smallest absolute Gasteiger partial charge is 0.277 e. The van der Waals surface area contributed by atoms with Gasteiger partial charge in [0.2, 0.25) is 5.91 Å². The lowest BCUT2D eigenvalue weighted by Crippen LogP contribution is -2.39. The van der Waals surface area contributed by atoms with E-state index in [0.29, 0.717) is 15.9 Å². The molecule has 1 aromatic carbocycles. The van der Waals surface area contributed by atoms with Gasteiger partial charge < -0.3 is 10.1 Å². The summed E-state index contributed by atoms with van der Waals surface area (Å²) in [5, 5.41) is 11.0. The van der Waals surface area contributed by atoms with Crippen LogP contribution in [0.2, 0.25) is 0 Å². The summed E-state index contributed by atoms with van der Waals surface area (Å²) in [5.74, 6) is 4.59. The number of hydrazine groups is 1. The lowest BCUT2D eigenvalue weighted by molar-refractivity contribution is -0.116. The highest BCUT2D eigenvalue weighted by atomic mass is 16.3. The summed E-state index contributed by atoms with van der Waals surface area (Å²) in [6.07, 6.45) is 0. The second-order valence-electron chi connectivity index (χ2n) is 3.59. The third kappa shape index (κ3) is 1.74. The van der Waals surface area contributed by atoms with Crippen LogP contribution in [0.1, 0.15) is 6.92 Å². The molecule has 2 aromatic rings. The van der Waals surface area contributed by atoms with Gasteiger partial charge in [-0.2, -0.15) is 0 Å². The highest BCUT2D eigenvalue weighted by Gasteiger charge is 2.18. The Labute approximate surface area is 96.2 Å². The van der Waals surface area contributed by atoms with Gasteiger partial charge in [-0.05, 0) is 12.1 Å². The van der Waals surface area contributed by atoms with E-state index in [4.69, 9.17) is 5.84 Å². The van der Waals surface area contributed by atoms with Crippen molar-refractivity contribution in [2.24, 2.45) is 5.84 Å². The van der Waals surface area contributed by atoms with Crippen LogP contribution in [0, 0.1) is 0 Å². The lowest BCUT2D eigenvalue weighted by Gasteiger charge is -2.15. The zero-order valence-electron chi connectivity index (χ0n) is 9.10. The maximum absolute atomic E-state index is 11.7. The van der Waals surface area contributed by atoms with Crippen LogP contribution < -0.4 is 16.4 Å². The van der Waals surface area contributed by atoms with Crippen molar-refractivity contribution in [2.45, 2.75) is 6.92 Å². The summed E-state index contributed by atoms with van der Waals surface area (Å²) in [6, 6.07) is 6.70. The predicted molar refractivity (Wildman–Crippen MR) is 63.6 cm³/mol. The van der Waals surface area contributed by atoms with E-state index in [0.717, 1.165) is 0 Å². The number of H-pyrrole nitrogens is 1. The minimum Gasteiger partial charge on any atom is -0.505 e. The Balaban J connectivity index is 2.81. The van der Waals surface area contributed by atoms with Gasteiger partial charge in [-0.3, -0.25) is 9.59 Å². The second-order valence-corrected chi connectivity index (χ2v) is 3.59. The molecule has 6 nitrogen and oxygen atoms in total. The Hall–Kier alpha value is -2.34. The van der Waals surface area contributed by atoms with Gasteiger partial charge in [-0.15, -0.1) is 0 Å².